The smallest absolute Gasteiger partial charge is 0.321 e. The molecule has 1 saturated heterocycles. The molecule has 0 aliphatic carbocycles. The van der Waals surface area contributed by atoms with Gasteiger partial charge in [-0.05, 0) is 44.5 Å². The molecular formula is C25H27ClFN5O. The Morgan fingerprint density at radius 2 is 1.73 bits per heavy atom. The maximum Gasteiger partial charge on any atom is 0.321 e. The fraction of sp³-hybridized carbons (Fsp3) is 0.320. The van der Waals surface area contributed by atoms with E-state index in [0.29, 0.717) is 31.9 Å². The van der Waals surface area contributed by atoms with Crippen molar-refractivity contribution in [3.05, 3.63) is 81.5 Å². The number of benzene rings is 2. The lowest BCUT2D eigenvalue weighted by atomic mass is 10.0. The standard InChI is InChI=1S/C25H27ClFN5O/c1-16-4-6-19(7-5-16)14-21-17(2)28-18(3)29-24(21)31-10-12-32(13-11-31)25(33)30-20-8-9-23(27)22(26)15-20/h4-9,15H,10-14H2,1-3H3,(H,30,33). The van der Waals surface area contributed by atoms with E-state index in [9.17, 15) is 9.18 Å². The van der Waals surface area contributed by atoms with Gasteiger partial charge in [-0.3, -0.25) is 0 Å². The zero-order valence-electron chi connectivity index (χ0n) is 19.0. The molecule has 2 aromatic carbocycles. The Bertz CT molecular complexity index is 1160. The minimum atomic E-state index is -0.514. The lowest BCUT2D eigenvalue weighted by Crippen LogP contribution is -2.50. The molecule has 2 heterocycles. The summed E-state index contributed by atoms with van der Waals surface area (Å²) in [4.78, 5) is 26.0. The second-order valence-electron chi connectivity index (χ2n) is 8.35. The predicted octanol–water partition coefficient (Wildman–Crippen LogP) is 5.14. The number of aromatic nitrogens is 2. The van der Waals surface area contributed by atoms with Crippen LogP contribution in [0.1, 0.15) is 28.2 Å². The number of carbonyl (C=O) groups excluding carboxylic acids is 1. The first-order valence-electron chi connectivity index (χ1n) is 11.0. The van der Waals surface area contributed by atoms with Gasteiger partial charge in [0.15, 0.2) is 0 Å². The Kier molecular flexibility index (Phi) is 6.79. The van der Waals surface area contributed by atoms with E-state index in [2.05, 4.69) is 46.4 Å². The average Bonchev–Trinajstić information content (AvgIpc) is 2.79. The monoisotopic (exact) mass is 467 g/mol. The molecule has 6 nitrogen and oxygen atoms in total. The predicted molar refractivity (Wildman–Crippen MR) is 130 cm³/mol. The van der Waals surface area contributed by atoms with Gasteiger partial charge in [0.1, 0.15) is 17.5 Å². The Hall–Kier alpha value is -3.19. The van der Waals surface area contributed by atoms with Crippen LogP contribution in [0.3, 0.4) is 0 Å². The first-order valence-corrected chi connectivity index (χ1v) is 11.3. The summed E-state index contributed by atoms with van der Waals surface area (Å²) >= 11 is 5.82. The van der Waals surface area contributed by atoms with E-state index in [1.165, 1.54) is 29.3 Å². The molecule has 0 atom stereocenters. The van der Waals surface area contributed by atoms with Gasteiger partial charge in [0.05, 0.1) is 5.02 Å². The molecule has 1 N–H and O–H groups in total. The van der Waals surface area contributed by atoms with Crippen LogP contribution in [0.5, 0.6) is 0 Å². The van der Waals surface area contributed by atoms with E-state index in [1.54, 1.807) is 4.90 Å². The van der Waals surface area contributed by atoms with Crippen molar-refractivity contribution >= 4 is 29.1 Å². The maximum atomic E-state index is 13.4. The molecule has 4 rings (SSSR count). The van der Waals surface area contributed by atoms with Gasteiger partial charge in [-0.2, -0.15) is 0 Å². The van der Waals surface area contributed by atoms with Crippen LogP contribution in [0, 0.1) is 26.6 Å². The van der Waals surface area contributed by atoms with Crippen LogP contribution < -0.4 is 10.2 Å². The normalized spacial score (nSPS) is 13.8. The fourth-order valence-corrected chi connectivity index (χ4v) is 4.17. The number of hydrogen-bond acceptors (Lipinski definition) is 4. The van der Waals surface area contributed by atoms with Gasteiger partial charge in [-0.25, -0.2) is 19.2 Å². The highest BCUT2D eigenvalue weighted by Crippen LogP contribution is 2.26. The van der Waals surface area contributed by atoms with Crippen molar-refractivity contribution in [2.24, 2.45) is 0 Å². The summed E-state index contributed by atoms with van der Waals surface area (Å²) in [6, 6.07) is 12.4. The number of halogens is 2. The van der Waals surface area contributed by atoms with E-state index >= 15 is 0 Å². The summed E-state index contributed by atoms with van der Waals surface area (Å²) in [6.07, 6.45) is 0.758. The Labute approximate surface area is 198 Å². The van der Waals surface area contributed by atoms with Gasteiger partial charge < -0.3 is 15.1 Å². The molecule has 2 amide bonds. The summed E-state index contributed by atoms with van der Waals surface area (Å²) in [7, 11) is 0. The number of anilines is 2. The van der Waals surface area contributed by atoms with Crippen molar-refractivity contribution in [1.82, 2.24) is 14.9 Å². The van der Waals surface area contributed by atoms with Crippen LogP contribution in [-0.2, 0) is 6.42 Å². The highest BCUT2D eigenvalue weighted by Gasteiger charge is 2.25. The highest BCUT2D eigenvalue weighted by atomic mass is 35.5. The van der Waals surface area contributed by atoms with E-state index in [1.807, 2.05) is 13.8 Å². The zero-order valence-corrected chi connectivity index (χ0v) is 19.8. The van der Waals surface area contributed by atoms with E-state index in [-0.39, 0.29) is 11.1 Å². The summed E-state index contributed by atoms with van der Waals surface area (Å²) in [6.45, 7) is 8.43. The average molecular weight is 468 g/mol. The Balaban J connectivity index is 1.46. The van der Waals surface area contributed by atoms with Crippen LogP contribution in [-0.4, -0.2) is 47.1 Å². The number of carbonyl (C=O) groups is 1. The van der Waals surface area contributed by atoms with Gasteiger partial charge >= 0.3 is 6.03 Å². The number of piperazine rings is 1. The molecule has 3 aromatic rings. The maximum absolute atomic E-state index is 13.4. The number of hydrogen-bond donors (Lipinski definition) is 1. The minimum Gasteiger partial charge on any atom is -0.353 e. The SMILES string of the molecule is Cc1ccc(Cc2c(C)nc(C)nc2N2CCN(C(=O)Nc3ccc(F)c(Cl)c3)CC2)cc1. The lowest BCUT2D eigenvalue weighted by molar-refractivity contribution is 0.208. The molecule has 1 fully saturated rings. The molecule has 0 radical (unpaired) electrons. The third-order valence-electron chi connectivity index (χ3n) is 5.84. The van der Waals surface area contributed by atoms with Crippen LogP contribution in [0.15, 0.2) is 42.5 Å². The topological polar surface area (TPSA) is 61.4 Å². The van der Waals surface area contributed by atoms with Crippen LogP contribution in [0.2, 0.25) is 5.02 Å². The molecule has 172 valence electrons. The third kappa shape index (κ3) is 5.42. The van der Waals surface area contributed by atoms with Gasteiger partial charge in [-0.15, -0.1) is 0 Å². The molecule has 0 unspecified atom stereocenters. The van der Waals surface area contributed by atoms with Gasteiger partial charge in [0.2, 0.25) is 0 Å². The van der Waals surface area contributed by atoms with Crippen molar-refractivity contribution in [1.29, 1.82) is 0 Å². The molecule has 1 aliphatic heterocycles. The zero-order chi connectivity index (χ0) is 23.5. The summed E-state index contributed by atoms with van der Waals surface area (Å²) in [5.41, 5.74) is 5.01. The number of amides is 2. The molecule has 0 bridgehead atoms. The van der Waals surface area contributed by atoms with Crippen LogP contribution in [0.25, 0.3) is 0 Å². The van der Waals surface area contributed by atoms with Gasteiger partial charge in [0, 0.05) is 49.5 Å². The number of urea groups is 1. The first-order chi connectivity index (χ1) is 15.8. The first kappa shape index (κ1) is 23.0. The number of nitrogens with one attached hydrogen (secondary N) is 1. The second-order valence-corrected chi connectivity index (χ2v) is 8.76. The number of nitrogens with zero attached hydrogens (tertiary/aromatic N) is 4. The summed E-state index contributed by atoms with van der Waals surface area (Å²) in [5, 5.41) is 2.77. The Morgan fingerprint density at radius 1 is 1.03 bits per heavy atom. The largest absolute Gasteiger partial charge is 0.353 e. The Morgan fingerprint density at radius 3 is 2.39 bits per heavy atom. The molecular weight excluding hydrogens is 441 g/mol. The highest BCUT2D eigenvalue weighted by molar-refractivity contribution is 6.31. The van der Waals surface area contributed by atoms with E-state index in [4.69, 9.17) is 16.6 Å². The second kappa shape index (κ2) is 9.75. The quantitative estimate of drug-likeness (QED) is 0.577. The fourth-order valence-electron chi connectivity index (χ4n) is 3.99. The molecule has 1 aromatic heterocycles. The van der Waals surface area contributed by atoms with Crippen molar-refractivity contribution in [2.45, 2.75) is 27.2 Å². The van der Waals surface area contributed by atoms with Crippen molar-refractivity contribution in [3.63, 3.8) is 0 Å². The van der Waals surface area contributed by atoms with Crippen LogP contribution >= 0.6 is 11.6 Å². The molecule has 0 spiro atoms. The van der Waals surface area contributed by atoms with Gasteiger partial charge in [-0.1, -0.05) is 41.4 Å². The molecule has 33 heavy (non-hydrogen) atoms. The lowest BCUT2D eigenvalue weighted by Gasteiger charge is -2.36. The van der Waals surface area contributed by atoms with Gasteiger partial charge in [0.25, 0.3) is 0 Å². The van der Waals surface area contributed by atoms with Crippen molar-refractivity contribution in [2.75, 3.05) is 36.4 Å². The van der Waals surface area contributed by atoms with E-state index < -0.39 is 5.82 Å². The van der Waals surface area contributed by atoms with Crippen LogP contribution in [0.4, 0.5) is 20.7 Å². The number of rotatable bonds is 4. The summed E-state index contributed by atoms with van der Waals surface area (Å²) < 4.78 is 13.4. The molecule has 8 heteroatoms. The third-order valence-corrected chi connectivity index (χ3v) is 6.13. The molecule has 1 aliphatic rings. The van der Waals surface area contributed by atoms with E-state index in [0.717, 1.165) is 29.3 Å². The summed E-state index contributed by atoms with van der Waals surface area (Å²) in [5.74, 6) is 1.16. The molecule has 0 saturated carbocycles. The minimum absolute atomic E-state index is 0.0202. The van der Waals surface area contributed by atoms with Crippen molar-refractivity contribution in [3.8, 4) is 0 Å². The number of aryl methyl sites for hydroxylation is 3. The van der Waals surface area contributed by atoms with Crippen molar-refractivity contribution < 1.29 is 9.18 Å².